The molecule has 0 radical (unpaired) electrons. The van der Waals surface area contributed by atoms with Crippen molar-refractivity contribution in [2.75, 3.05) is 55.7 Å². The maximum absolute atomic E-state index is 15.3. The van der Waals surface area contributed by atoms with Crippen molar-refractivity contribution in [2.24, 2.45) is 5.92 Å². The van der Waals surface area contributed by atoms with Crippen molar-refractivity contribution in [3.05, 3.63) is 113 Å². The van der Waals surface area contributed by atoms with Crippen molar-refractivity contribution in [2.45, 2.75) is 64.1 Å². The summed E-state index contributed by atoms with van der Waals surface area (Å²) in [5.74, 6) is -0.874. The number of rotatable bonds is 16. The molecule has 7 rings (SSSR count). The van der Waals surface area contributed by atoms with Gasteiger partial charge in [0.25, 0.3) is 6.33 Å². The second kappa shape index (κ2) is 22.6. The molecule has 2 saturated heterocycles. The molecule has 0 bridgehead atoms. The average Bonchev–Trinajstić information content (AvgIpc) is 3.99. The van der Waals surface area contributed by atoms with Gasteiger partial charge in [-0.05, 0) is 74.4 Å². The summed E-state index contributed by atoms with van der Waals surface area (Å²) in [6, 6.07) is 18.8. The van der Waals surface area contributed by atoms with Crippen molar-refractivity contribution in [3.8, 4) is 11.4 Å². The summed E-state index contributed by atoms with van der Waals surface area (Å²) in [6.07, 6.45) is 4.78. The van der Waals surface area contributed by atoms with E-state index in [0.717, 1.165) is 43.6 Å². The number of anilines is 2. The van der Waals surface area contributed by atoms with Crippen molar-refractivity contribution in [1.82, 2.24) is 29.4 Å². The van der Waals surface area contributed by atoms with Gasteiger partial charge in [-0.15, -0.1) is 4.68 Å². The van der Waals surface area contributed by atoms with Crippen LogP contribution in [0.4, 0.5) is 25.0 Å². The smallest absolute Gasteiger partial charge is 1.00 e. The summed E-state index contributed by atoms with van der Waals surface area (Å²) in [5.41, 5.74) is 1.56. The average molecular weight is 905 g/mol. The van der Waals surface area contributed by atoms with Crippen LogP contribution >= 0.6 is 0 Å². The van der Waals surface area contributed by atoms with E-state index in [4.69, 9.17) is 14.2 Å². The summed E-state index contributed by atoms with van der Waals surface area (Å²) in [4.78, 5) is 40.0. The SMILES string of the molecule is CC[C@@H]([C@H](C)O)n1ncn(-c2ccc(N3CCN(c4ccc(OC[C@@H]5CO[C@@](Cn6c[n+](C(C)OC(=O)NC[C-]=O)cn6)(c6ccc(F)cc6F)C5)cc4)CC3)cc2)c1=O.[Cl-].[Na+].[OH-]. The van der Waals surface area contributed by atoms with Crippen LogP contribution in [-0.2, 0) is 26.4 Å². The molecule has 4 heterocycles. The topological polar surface area (TPSA) is 192 Å². The number of amides is 1. The van der Waals surface area contributed by atoms with Crippen LogP contribution in [0.25, 0.3) is 5.69 Å². The standard InChI is InChI=1S/C42H49F2N9O7.ClH.Na.H2O/c1-4-39(29(2)55)53-41(57)52(27-47-53)35-8-6-33(7-9-35)48-16-18-49(19-17-48)34-10-12-36(13-11-34)58-23-31-22-42(59-24-31,37-14-5-32(43)21-38(37)44)25-51-28-50(26-46-51)30(3)60-40(56)45-15-20-54;;;/h5-14,21,26-31,39,55H,4,15-19,22-25H2,1-3H3,(H,45,56);1H;;1H2/q;;+1;/p-2/t29-,30?,31+,39-,42-;;;/m0.../s1. The Morgan fingerprint density at radius 2 is 1.65 bits per heavy atom. The Morgan fingerprint density at radius 3 is 2.25 bits per heavy atom. The van der Waals surface area contributed by atoms with Gasteiger partial charge in [-0.3, -0.25) is 0 Å². The minimum atomic E-state index is -1.19. The third-order valence-corrected chi connectivity index (χ3v) is 11.1. The fraction of sp³-hybridized carbons (Fsp3) is 0.429. The first-order chi connectivity index (χ1) is 29.0. The molecule has 0 spiro atoms. The van der Waals surface area contributed by atoms with E-state index in [1.54, 1.807) is 31.1 Å². The van der Waals surface area contributed by atoms with Gasteiger partial charge in [-0.2, -0.15) is 9.67 Å². The third kappa shape index (κ3) is 11.8. The van der Waals surface area contributed by atoms with E-state index in [1.165, 1.54) is 38.6 Å². The Morgan fingerprint density at radius 1 is 1.02 bits per heavy atom. The molecule has 1 amide bonds. The Hall–Kier alpha value is -4.89. The van der Waals surface area contributed by atoms with Gasteiger partial charge < -0.3 is 57.1 Å². The summed E-state index contributed by atoms with van der Waals surface area (Å²) in [7, 11) is 0. The first-order valence-electron chi connectivity index (χ1n) is 20.0. The predicted molar refractivity (Wildman–Crippen MR) is 217 cm³/mol. The first-order valence-corrected chi connectivity index (χ1v) is 20.0. The van der Waals surface area contributed by atoms with Crippen molar-refractivity contribution < 1.29 is 89.7 Å². The number of aromatic nitrogens is 6. The summed E-state index contributed by atoms with van der Waals surface area (Å²) < 4.78 is 53.0. The fourth-order valence-electron chi connectivity index (χ4n) is 7.90. The largest absolute Gasteiger partial charge is 1.00 e. The maximum atomic E-state index is 15.3. The number of hydrogen-bond donors (Lipinski definition) is 2. The zero-order valence-corrected chi connectivity index (χ0v) is 38.3. The summed E-state index contributed by atoms with van der Waals surface area (Å²) in [5, 5.41) is 21.0. The van der Waals surface area contributed by atoms with E-state index >= 15 is 4.39 Å². The van der Waals surface area contributed by atoms with Gasteiger partial charge in [0, 0.05) is 67.1 Å². The maximum Gasteiger partial charge on any atom is 1.00 e. The molecule has 334 valence electrons. The molecule has 2 aromatic heterocycles. The van der Waals surface area contributed by atoms with E-state index < -0.39 is 35.7 Å². The number of benzene rings is 3. The number of nitrogens with zero attached hydrogens (tertiary/aromatic N) is 8. The number of hydrogen-bond acceptors (Lipinski definition) is 12. The van der Waals surface area contributed by atoms with Gasteiger partial charge in [0.1, 0.15) is 35.9 Å². The number of carbonyl (C=O) groups is 1. The Kier molecular flexibility index (Phi) is 18.2. The van der Waals surface area contributed by atoms with E-state index in [2.05, 4.69) is 25.3 Å². The molecule has 1 unspecified atom stereocenters. The van der Waals surface area contributed by atoms with Gasteiger partial charge in [0.05, 0.1) is 31.0 Å². The van der Waals surface area contributed by atoms with Crippen molar-refractivity contribution in [1.29, 1.82) is 0 Å². The number of ether oxygens (including phenoxy) is 3. The fourth-order valence-corrected chi connectivity index (χ4v) is 7.90. The molecule has 63 heavy (non-hydrogen) atoms. The van der Waals surface area contributed by atoms with Crippen LogP contribution in [0, 0.1) is 17.6 Å². The van der Waals surface area contributed by atoms with E-state index in [9.17, 15) is 23.9 Å². The summed E-state index contributed by atoms with van der Waals surface area (Å²) in [6.45, 7) is 8.79. The minimum absolute atomic E-state index is 0. The molecule has 0 saturated carbocycles. The second-order valence-corrected chi connectivity index (χ2v) is 15.1. The number of nitrogens with one attached hydrogen (secondary N) is 1. The molecule has 5 atom stereocenters. The molecule has 2 aliphatic rings. The molecule has 21 heteroatoms. The van der Waals surface area contributed by atoms with E-state index in [0.29, 0.717) is 30.9 Å². The number of aliphatic hydroxyl groups excluding tert-OH is 1. The molecule has 3 aromatic carbocycles. The van der Waals surface area contributed by atoms with Crippen LogP contribution in [0.3, 0.4) is 0 Å². The summed E-state index contributed by atoms with van der Waals surface area (Å²) >= 11 is 0. The van der Waals surface area contributed by atoms with Crippen LogP contribution in [-0.4, -0.2) is 99.1 Å². The molecule has 0 aliphatic carbocycles. The third-order valence-electron chi connectivity index (χ3n) is 11.1. The zero-order valence-electron chi connectivity index (χ0n) is 35.5. The van der Waals surface area contributed by atoms with Crippen LogP contribution in [0.15, 0.2) is 90.5 Å². The van der Waals surface area contributed by atoms with Crippen molar-refractivity contribution >= 4 is 23.8 Å². The van der Waals surface area contributed by atoms with Crippen LogP contribution in [0.5, 0.6) is 5.75 Å². The Balaban J connectivity index is 0.00000290. The molecule has 3 N–H and O–H groups in total. The predicted octanol–water partition coefficient (Wildman–Crippen LogP) is -2.35. The van der Waals surface area contributed by atoms with E-state index in [1.807, 2.05) is 55.5 Å². The monoisotopic (exact) mass is 904 g/mol. The van der Waals surface area contributed by atoms with Crippen LogP contribution < -0.4 is 72.1 Å². The number of alkyl carbamates (subject to hydrolysis) is 1. The Labute approximate surface area is 391 Å². The normalized spacial score (nSPS) is 18.5. The zero-order chi connectivity index (χ0) is 42.4. The number of aliphatic hydroxyl groups is 1. The van der Waals surface area contributed by atoms with Gasteiger partial charge in [-0.25, -0.2) is 33.9 Å². The number of halogens is 3. The van der Waals surface area contributed by atoms with Crippen molar-refractivity contribution in [3.63, 3.8) is 0 Å². The van der Waals surface area contributed by atoms with Gasteiger partial charge in [-0.1, -0.05) is 19.5 Å². The molecular weight excluding hydrogens is 855 g/mol. The molecule has 2 fully saturated rings. The van der Waals surface area contributed by atoms with Crippen LogP contribution in [0.1, 0.15) is 51.4 Å². The quantitative estimate of drug-likeness (QED) is 0.0611. The first kappa shape index (κ1) is 50.8. The minimum Gasteiger partial charge on any atom is -1.00 e. The second-order valence-electron chi connectivity index (χ2n) is 15.1. The molecule has 2 aliphatic heterocycles. The molecular formula is C42H50ClF2N9NaO8-. The van der Waals surface area contributed by atoms with Crippen LogP contribution in [0.2, 0.25) is 0 Å². The number of carbonyl (C=O) groups excluding carboxylic acids is 2. The van der Waals surface area contributed by atoms with Gasteiger partial charge in [0.2, 0.25) is 12.6 Å². The van der Waals surface area contributed by atoms with Gasteiger partial charge in [0.15, 0.2) is 0 Å². The Bertz CT molecular complexity index is 2310. The number of piperazine rings is 1. The van der Waals surface area contributed by atoms with Gasteiger partial charge >= 0.3 is 41.3 Å². The molecule has 17 nitrogen and oxygen atoms in total. The van der Waals surface area contributed by atoms with E-state index in [-0.39, 0.29) is 90.3 Å². The molecule has 5 aromatic rings.